The van der Waals surface area contributed by atoms with Crippen LogP contribution in [0.1, 0.15) is 105 Å². The summed E-state index contributed by atoms with van der Waals surface area (Å²) >= 11 is 1.88. The van der Waals surface area contributed by atoms with Crippen molar-refractivity contribution in [2.75, 3.05) is 9.80 Å². The molecule has 2 aliphatic heterocycles. The van der Waals surface area contributed by atoms with Gasteiger partial charge in [-0.3, -0.25) is 0 Å². The average Bonchev–Trinajstić information content (AvgIpc) is 3.89. The molecule has 0 aliphatic carbocycles. The summed E-state index contributed by atoms with van der Waals surface area (Å²) in [7, 11) is 0. The molecule has 12 rings (SSSR count). The molecule has 70 heavy (non-hydrogen) atoms. The van der Waals surface area contributed by atoms with Gasteiger partial charge in [0.1, 0.15) is 22.7 Å². The van der Waals surface area contributed by atoms with E-state index in [2.05, 4.69) is 238 Å². The Labute approximate surface area is 417 Å². The summed E-state index contributed by atoms with van der Waals surface area (Å²) < 4.78 is 16.5. The Morgan fingerprint density at radius 1 is 0.457 bits per heavy atom. The summed E-state index contributed by atoms with van der Waals surface area (Å²) in [4.78, 5) is 5.06. The largest absolute Gasteiger partial charge is 0.458 e. The molecule has 8 aromatic carbocycles. The van der Waals surface area contributed by atoms with Gasteiger partial charge >= 0.3 is 0 Å². The van der Waals surface area contributed by atoms with Crippen LogP contribution in [0, 0.1) is 0 Å². The smallest absolute Gasteiger partial charge is 0.256 e. The Kier molecular flexibility index (Phi) is 9.76. The summed E-state index contributed by atoms with van der Waals surface area (Å²) in [5.41, 5.74) is 17.1. The summed E-state index contributed by atoms with van der Waals surface area (Å²) in [5, 5.41) is 4.60. The first kappa shape index (κ1) is 44.5. The Bertz CT molecular complexity index is 3680. The Hall–Kier alpha value is -6.76. The number of hydrogen-bond donors (Lipinski definition) is 0. The van der Waals surface area contributed by atoms with Crippen LogP contribution in [0.3, 0.4) is 0 Å². The molecule has 0 spiro atoms. The van der Waals surface area contributed by atoms with Crippen molar-refractivity contribution >= 4 is 111 Å². The van der Waals surface area contributed by atoms with Gasteiger partial charge in [-0.2, -0.15) is 0 Å². The molecule has 0 unspecified atom stereocenters. The van der Waals surface area contributed by atoms with Gasteiger partial charge in [0.2, 0.25) is 0 Å². The van der Waals surface area contributed by atoms with E-state index in [-0.39, 0.29) is 28.4 Å². The fourth-order valence-corrected chi connectivity index (χ4v) is 12.1. The normalized spacial score (nSPS) is 13.8. The van der Waals surface area contributed by atoms with Gasteiger partial charge in [-0.05, 0) is 133 Å². The number of para-hydroxylation sites is 1. The predicted octanol–water partition coefficient (Wildman–Crippen LogP) is 17.0. The molecule has 6 heteroatoms. The molecule has 0 bridgehead atoms. The second-order valence-corrected chi connectivity index (χ2v) is 24.9. The fraction of sp³-hybridized carbons (Fsp3) is 0.250. The van der Waals surface area contributed by atoms with E-state index in [0.29, 0.717) is 0 Å². The highest BCUT2D eigenvalue weighted by atomic mass is 32.1. The van der Waals surface area contributed by atoms with Crippen LogP contribution in [-0.2, 0) is 21.7 Å². The summed E-state index contributed by atoms with van der Waals surface area (Å²) in [6.45, 7) is 27.5. The van der Waals surface area contributed by atoms with E-state index >= 15 is 0 Å². The number of anilines is 6. The second-order valence-electron chi connectivity index (χ2n) is 23.9. The van der Waals surface area contributed by atoms with Gasteiger partial charge in [0.25, 0.3) is 6.71 Å². The van der Waals surface area contributed by atoms with Gasteiger partial charge < -0.3 is 19.0 Å². The number of rotatable bonds is 4. The first-order chi connectivity index (χ1) is 33.2. The van der Waals surface area contributed by atoms with Crippen LogP contribution in [0.5, 0.6) is 11.5 Å². The van der Waals surface area contributed by atoms with Crippen LogP contribution in [0.15, 0.2) is 156 Å². The van der Waals surface area contributed by atoms with E-state index in [1.165, 1.54) is 59.0 Å². The number of fused-ring (bicyclic) bond motifs is 11. The second kappa shape index (κ2) is 15.4. The van der Waals surface area contributed by atoms with Crippen molar-refractivity contribution in [1.29, 1.82) is 0 Å². The molecule has 0 radical (unpaired) electrons. The number of thiophene rings is 1. The van der Waals surface area contributed by atoms with Gasteiger partial charge in [-0.1, -0.05) is 162 Å². The molecule has 10 aromatic rings. The van der Waals surface area contributed by atoms with Crippen molar-refractivity contribution in [3.05, 3.63) is 174 Å². The van der Waals surface area contributed by atoms with Crippen LogP contribution < -0.4 is 30.9 Å². The lowest BCUT2D eigenvalue weighted by Gasteiger charge is -2.42. The number of furan rings is 1. The topological polar surface area (TPSA) is 28.9 Å². The van der Waals surface area contributed by atoms with E-state index in [9.17, 15) is 0 Å². The molecule has 0 N–H and O–H groups in total. The van der Waals surface area contributed by atoms with Crippen molar-refractivity contribution in [2.45, 2.75) is 105 Å². The van der Waals surface area contributed by atoms with Crippen molar-refractivity contribution in [2.24, 2.45) is 0 Å². The first-order valence-corrected chi connectivity index (χ1v) is 25.8. The van der Waals surface area contributed by atoms with Crippen molar-refractivity contribution < 1.29 is 9.15 Å². The zero-order valence-corrected chi connectivity index (χ0v) is 43.4. The molecule has 0 fully saturated rings. The zero-order valence-electron chi connectivity index (χ0n) is 42.6. The van der Waals surface area contributed by atoms with Crippen LogP contribution >= 0.6 is 11.3 Å². The van der Waals surface area contributed by atoms with Crippen LogP contribution in [0.4, 0.5) is 34.1 Å². The fourth-order valence-electron chi connectivity index (χ4n) is 10.9. The third-order valence-electron chi connectivity index (χ3n) is 14.9. The maximum atomic E-state index is 7.42. The Morgan fingerprint density at radius 3 is 1.70 bits per heavy atom. The zero-order chi connectivity index (χ0) is 48.8. The highest BCUT2D eigenvalue weighted by molar-refractivity contribution is 7.26. The lowest BCUT2D eigenvalue weighted by Crippen LogP contribution is -2.59. The molecule has 0 atom stereocenters. The van der Waals surface area contributed by atoms with E-state index in [1.807, 2.05) is 17.4 Å². The molecule has 2 aromatic heterocycles. The van der Waals surface area contributed by atoms with Gasteiger partial charge in [-0.15, -0.1) is 11.3 Å². The van der Waals surface area contributed by atoms with E-state index in [0.717, 1.165) is 67.3 Å². The minimum atomic E-state index is -0.176. The van der Waals surface area contributed by atoms with Crippen molar-refractivity contribution in [1.82, 2.24) is 0 Å². The van der Waals surface area contributed by atoms with Gasteiger partial charge in [-0.25, -0.2) is 0 Å². The average molecular weight is 933 g/mol. The maximum absolute atomic E-state index is 7.42. The molecule has 4 nitrogen and oxygen atoms in total. The Morgan fingerprint density at radius 2 is 1.06 bits per heavy atom. The lowest BCUT2D eigenvalue weighted by molar-refractivity contribution is 0.488. The third-order valence-corrected chi connectivity index (χ3v) is 16.1. The highest BCUT2D eigenvalue weighted by Gasteiger charge is 2.44. The summed E-state index contributed by atoms with van der Waals surface area (Å²) in [6, 6.07) is 57.1. The predicted molar refractivity (Wildman–Crippen MR) is 302 cm³/mol. The third kappa shape index (κ3) is 7.08. The molecule has 0 amide bonds. The SMILES string of the molecule is CC(C)(C)c1ccc(N(c2ccc(C(C)(C)C)cc2)c2cc(N3c4ccc(C(C)(C)C)cc4B4c5ccc6oc7ccccc7c6c5Oc5cc(C(C)(C)C)cc3c54)c3sc4ccccc4c3c2)cc1. The molecule has 0 saturated heterocycles. The number of nitrogens with zero attached hydrogens (tertiary/aromatic N) is 2. The molecule has 0 saturated carbocycles. The van der Waals surface area contributed by atoms with Crippen LogP contribution in [0.2, 0.25) is 0 Å². The maximum Gasteiger partial charge on any atom is 0.256 e. The van der Waals surface area contributed by atoms with Crippen molar-refractivity contribution in [3.63, 3.8) is 0 Å². The molecule has 4 heterocycles. The minimum Gasteiger partial charge on any atom is -0.458 e. The van der Waals surface area contributed by atoms with Crippen LogP contribution in [0.25, 0.3) is 42.1 Å². The van der Waals surface area contributed by atoms with E-state index in [1.54, 1.807) is 0 Å². The monoisotopic (exact) mass is 932 g/mol. The van der Waals surface area contributed by atoms with Crippen LogP contribution in [-0.4, -0.2) is 6.71 Å². The van der Waals surface area contributed by atoms with E-state index < -0.39 is 0 Å². The minimum absolute atomic E-state index is 0.0228. The standard InChI is InChI=1S/C64H61BN2O2S/c1-61(2,3)38-21-26-42(27-22-38)66(43-28-23-39(24-29-43)62(4,5)6)44-36-47-45-17-14-16-20-56(45)70-60(47)52(37-44)67-50-31-25-40(63(7,8)9)33-49(50)65-48-30-32-54-57(46-18-13-15-19-53(46)68-54)59(48)69-55-35-41(64(10,11)12)34-51(67)58(55)65/h13-37H,1-12H3. The lowest BCUT2D eigenvalue weighted by atomic mass is 9.34. The van der Waals surface area contributed by atoms with E-state index in [4.69, 9.17) is 9.15 Å². The molecular weight excluding hydrogens is 872 g/mol. The Balaban J connectivity index is 1.18. The molecule has 348 valence electrons. The summed E-state index contributed by atoms with van der Waals surface area (Å²) in [6.07, 6.45) is 0. The quantitative estimate of drug-likeness (QED) is 0.164. The first-order valence-electron chi connectivity index (χ1n) is 24.9. The van der Waals surface area contributed by atoms with Gasteiger partial charge in [0, 0.05) is 49.3 Å². The number of ether oxygens (including phenoxy) is 1. The number of benzene rings is 8. The highest BCUT2D eigenvalue weighted by Crippen LogP contribution is 2.52. The molecular formula is C64H61BN2O2S. The van der Waals surface area contributed by atoms with Crippen molar-refractivity contribution in [3.8, 4) is 11.5 Å². The molecule has 2 aliphatic rings. The number of hydrogen-bond acceptors (Lipinski definition) is 5. The van der Waals surface area contributed by atoms with Gasteiger partial charge in [0.15, 0.2) is 0 Å². The summed E-state index contributed by atoms with van der Waals surface area (Å²) in [5.74, 6) is 1.79. The van der Waals surface area contributed by atoms with Gasteiger partial charge in [0.05, 0.1) is 15.8 Å².